The first-order valence-electron chi connectivity index (χ1n) is 5.60. The highest BCUT2D eigenvalue weighted by Gasteiger charge is 2.28. The number of nitrogens with one attached hydrogen (secondary N) is 1. The van der Waals surface area contributed by atoms with Crippen LogP contribution in [0.2, 0.25) is 0 Å². The van der Waals surface area contributed by atoms with Crippen LogP contribution in [0.3, 0.4) is 0 Å². The number of aromatic nitrogens is 1. The highest BCUT2D eigenvalue weighted by Crippen LogP contribution is 2.20. The maximum Gasteiger partial charge on any atom is 0.271 e. The SMILES string of the molecule is C#Cc1c[nH]c(=O)c(N2CCOC(C)(C)C2)c1. The third-order valence-electron chi connectivity index (χ3n) is 2.82. The van der Waals surface area contributed by atoms with Crippen molar-refractivity contribution in [1.82, 2.24) is 4.98 Å². The Kier molecular flexibility index (Phi) is 2.95. The number of H-pyrrole nitrogens is 1. The maximum absolute atomic E-state index is 11.8. The summed E-state index contributed by atoms with van der Waals surface area (Å²) in [5.41, 5.74) is 0.957. The van der Waals surface area contributed by atoms with E-state index in [4.69, 9.17) is 11.2 Å². The molecule has 0 aromatic carbocycles. The van der Waals surface area contributed by atoms with Crippen molar-refractivity contribution in [2.75, 3.05) is 24.6 Å². The molecule has 1 aliphatic rings. The summed E-state index contributed by atoms with van der Waals surface area (Å²) in [5, 5.41) is 0. The molecule has 90 valence electrons. The third-order valence-corrected chi connectivity index (χ3v) is 2.82. The van der Waals surface area contributed by atoms with Gasteiger partial charge in [0.05, 0.1) is 12.2 Å². The van der Waals surface area contributed by atoms with E-state index >= 15 is 0 Å². The Bertz CT molecular complexity index is 511. The van der Waals surface area contributed by atoms with Gasteiger partial charge < -0.3 is 14.6 Å². The zero-order valence-corrected chi connectivity index (χ0v) is 10.1. The van der Waals surface area contributed by atoms with Crippen LogP contribution >= 0.6 is 0 Å². The van der Waals surface area contributed by atoms with Crippen molar-refractivity contribution in [3.63, 3.8) is 0 Å². The van der Waals surface area contributed by atoms with Crippen molar-refractivity contribution in [2.24, 2.45) is 0 Å². The molecule has 4 heteroatoms. The lowest BCUT2D eigenvalue weighted by Gasteiger charge is -2.39. The number of nitrogens with zero attached hydrogens (tertiary/aromatic N) is 1. The Balaban J connectivity index is 2.34. The average molecular weight is 232 g/mol. The van der Waals surface area contributed by atoms with Gasteiger partial charge in [-0.3, -0.25) is 4.79 Å². The molecule has 0 radical (unpaired) electrons. The van der Waals surface area contributed by atoms with Crippen LogP contribution in [-0.4, -0.2) is 30.3 Å². The van der Waals surface area contributed by atoms with Crippen LogP contribution in [0, 0.1) is 12.3 Å². The second kappa shape index (κ2) is 4.27. The van der Waals surface area contributed by atoms with Gasteiger partial charge in [0.15, 0.2) is 0 Å². The zero-order valence-electron chi connectivity index (χ0n) is 10.1. The minimum atomic E-state index is -0.239. The molecule has 17 heavy (non-hydrogen) atoms. The lowest BCUT2D eigenvalue weighted by Crippen LogP contribution is -2.49. The maximum atomic E-state index is 11.8. The van der Waals surface area contributed by atoms with Gasteiger partial charge in [-0.1, -0.05) is 5.92 Å². The van der Waals surface area contributed by atoms with Crippen molar-refractivity contribution in [1.29, 1.82) is 0 Å². The molecule has 1 aliphatic heterocycles. The van der Waals surface area contributed by atoms with Gasteiger partial charge in [0.1, 0.15) is 5.69 Å². The fourth-order valence-electron chi connectivity index (χ4n) is 2.01. The normalized spacial score (nSPS) is 18.8. The van der Waals surface area contributed by atoms with Crippen molar-refractivity contribution in [3.05, 3.63) is 28.2 Å². The Morgan fingerprint density at radius 3 is 3.00 bits per heavy atom. The molecule has 1 saturated heterocycles. The molecule has 2 heterocycles. The molecule has 0 aliphatic carbocycles. The average Bonchev–Trinajstić information content (AvgIpc) is 2.28. The van der Waals surface area contributed by atoms with Gasteiger partial charge in [0.25, 0.3) is 5.56 Å². The van der Waals surface area contributed by atoms with Gasteiger partial charge in [0.2, 0.25) is 0 Å². The van der Waals surface area contributed by atoms with Gasteiger partial charge in [0, 0.05) is 24.8 Å². The largest absolute Gasteiger partial charge is 0.372 e. The minimum absolute atomic E-state index is 0.110. The summed E-state index contributed by atoms with van der Waals surface area (Å²) < 4.78 is 5.62. The highest BCUT2D eigenvalue weighted by molar-refractivity contribution is 5.50. The van der Waals surface area contributed by atoms with Crippen LogP contribution in [0.4, 0.5) is 5.69 Å². The molecule has 0 saturated carbocycles. The highest BCUT2D eigenvalue weighted by atomic mass is 16.5. The molecule has 0 amide bonds. The summed E-state index contributed by atoms with van der Waals surface area (Å²) in [6.07, 6.45) is 6.89. The summed E-state index contributed by atoms with van der Waals surface area (Å²) in [4.78, 5) is 16.5. The standard InChI is InChI=1S/C13H16N2O2/c1-4-10-7-11(12(16)14-8-10)15-5-6-17-13(2,3)9-15/h1,7-8H,5-6,9H2,2-3H3,(H,14,16). The minimum Gasteiger partial charge on any atom is -0.372 e. The summed E-state index contributed by atoms with van der Waals surface area (Å²) in [7, 11) is 0. The number of ether oxygens (including phenoxy) is 1. The predicted octanol–water partition coefficient (Wildman–Crippen LogP) is 0.971. The Labute approximate surface area is 101 Å². The Morgan fingerprint density at radius 1 is 1.59 bits per heavy atom. The lowest BCUT2D eigenvalue weighted by molar-refractivity contribution is -0.0277. The van der Waals surface area contributed by atoms with Gasteiger partial charge in [-0.25, -0.2) is 0 Å². The second-order valence-electron chi connectivity index (χ2n) is 4.78. The van der Waals surface area contributed by atoms with Crippen LogP contribution in [0.5, 0.6) is 0 Å². The molecule has 1 aromatic rings. The fraction of sp³-hybridized carbons (Fsp3) is 0.462. The molecule has 0 spiro atoms. The van der Waals surface area contributed by atoms with Crippen LogP contribution in [-0.2, 0) is 4.74 Å². The van der Waals surface area contributed by atoms with Crippen LogP contribution < -0.4 is 10.5 Å². The zero-order chi connectivity index (χ0) is 12.5. The van der Waals surface area contributed by atoms with Gasteiger partial charge in [-0.05, 0) is 19.9 Å². The van der Waals surface area contributed by atoms with Gasteiger partial charge in [-0.15, -0.1) is 6.42 Å². The number of aromatic amines is 1. The van der Waals surface area contributed by atoms with Crippen LogP contribution in [0.1, 0.15) is 19.4 Å². The molecule has 0 unspecified atom stereocenters. The van der Waals surface area contributed by atoms with Crippen molar-refractivity contribution >= 4 is 5.69 Å². The van der Waals surface area contributed by atoms with Crippen LogP contribution in [0.25, 0.3) is 0 Å². The molecule has 2 rings (SSSR count). The topological polar surface area (TPSA) is 45.3 Å². The molecule has 1 fully saturated rings. The van der Waals surface area contributed by atoms with Gasteiger partial charge in [-0.2, -0.15) is 0 Å². The smallest absolute Gasteiger partial charge is 0.271 e. The van der Waals surface area contributed by atoms with E-state index in [1.807, 2.05) is 18.7 Å². The van der Waals surface area contributed by atoms with Crippen molar-refractivity contribution < 1.29 is 4.74 Å². The van der Waals surface area contributed by atoms with E-state index in [1.54, 1.807) is 12.3 Å². The fourth-order valence-corrected chi connectivity index (χ4v) is 2.01. The first-order chi connectivity index (χ1) is 8.02. The summed E-state index contributed by atoms with van der Waals surface area (Å²) >= 11 is 0. The molecular weight excluding hydrogens is 216 g/mol. The lowest BCUT2D eigenvalue weighted by atomic mass is 10.1. The predicted molar refractivity (Wildman–Crippen MR) is 67.2 cm³/mol. The van der Waals surface area contributed by atoms with Gasteiger partial charge >= 0.3 is 0 Å². The van der Waals surface area contributed by atoms with E-state index in [2.05, 4.69) is 10.9 Å². The summed E-state index contributed by atoms with van der Waals surface area (Å²) in [6.45, 7) is 6.04. The van der Waals surface area contributed by atoms with Crippen molar-refractivity contribution in [3.8, 4) is 12.3 Å². The molecule has 0 bridgehead atoms. The van der Waals surface area contributed by atoms with E-state index in [0.717, 1.165) is 0 Å². The number of terminal acetylenes is 1. The number of morpholine rings is 1. The number of hydrogen-bond donors (Lipinski definition) is 1. The summed E-state index contributed by atoms with van der Waals surface area (Å²) in [5.74, 6) is 2.53. The van der Waals surface area contributed by atoms with E-state index in [9.17, 15) is 4.79 Å². The quantitative estimate of drug-likeness (QED) is 0.734. The second-order valence-corrected chi connectivity index (χ2v) is 4.78. The molecule has 1 N–H and O–H groups in total. The number of rotatable bonds is 1. The Hall–Kier alpha value is -1.73. The third kappa shape index (κ3) is 2.51. The number of anilines is 1. The van der Waals surface area contributed by atoms with E-state index in [0.29, 0.717) is 30.9 Å². The molecule has 0 atom stereocenters. The van der Waals surface area contributed by atoms with Crippen molar-refractivity contribution in [2.45, 2.75) is 19.4 Å². The van der Waals surface area contributed by atoms with E-state index in [1.165, 1.54) is 0 Å². The molecule has 4 nitrogen and oxygen atoms in total. The van der Waals surface area contributed by atoms with E-state index in [-0.39, 0.29) is 11.2 Å². The molecular formula is C13H16N2O2. The first kappa shape index (κ1) is 11.7. The number of pyridine rings is 1. The summed E-state index contributed by atoms with van der Waals surface area (Å²) in [6, 6.07) is 1.75. The monoisotopic (exact) mass is 232 g/mol. The number of hydrogen-bond acceptors (Lipinski definition) is 3. The van der Waals surface area contributed by atoms with E-state index < -0.39 is 0 Å². The molecule has 1 aromatic heterocycles. The van der Waals surface area contributed by atoms with Crippen LogP contribution in [0.15, 0.2) is 17.1 Å². The Morgan fingerprint density at radius 2 is 2.35 bits per heavy atom. The first-order valence-corrected chi connectivity index (χ1v) is 5.60.